The highest BCUT2D eigenvalue weighted by Gasteiger charge is 2.41. The highest BCUT2D eigenvalue weighted by molar-refractivity contribution is 8.01. The largest absolute Gasteiger partial charge is 0.383 e. The molecule has 1 unspecified atom stereocenters. The molecule has 0 N–H and O–H groups in total. The Kier molecular flexibility index (Phi) is 6.69. The summed E-state index contributed by atoms with van der Waals surface area (Å²) < 4.78 is 55.2. The molecule has 3 rings (SSSR count). The summed E-state index contributed by atoms with van der Waals surface area (Å²) in [5.74, 6) is 0. The first kappa shape index (κ1) is 22.9. The van der Waals surface area contributed by atoms with E-state index in [1.807, 2.05) is 0 Å². The van der Waals surface area contributed by atoms with Crippen LogP contribution in [0.5, 0.6) is 0 Å². The molecule has 0 aromatic heterocycles. The Morgan fingerprint density at radius 3 is 2.53 bits per heavy atom. The molecule has 1 aromatic rings. The summed E-state index contributed by atoms with van der Waals surface area (Å²) in [4.78, 5) is 13.2. The van der Waals surface area contributed by atoms with E-state index in [1.165, 1.54) is 19.2 Å². The number of benzene rings is 1. The van der Waals surface area contributed by atoms with Crippen LogP contribution in [-0.2, 0) is 33.5 Å². The second-order valence-corrected chi connectivity index (χ2v) is 11.1. The standard InChI is InChI=1S/C17H25N3O8S2/c1-13-10-14(20(21)22)11-15-17(13)19(6-7-26-2)16(12-28-29(3,23)24)30(15,25)18-4-8-27-9-5-18/h10-11H,4-9,12H2,1-3H3. The van der Waals surface area contributed by atoms with Gasteiger partial charge in [-0.05, 0) is 12.5 Å². The van der Waals surface area contributed by atoms with Gasteiger partial charge in [0.1, 0.15) is 11.6 Å². The lowest BCUT2D eigenvalue weighted by Gasteiger charge is -2.30. The predicted octanol–water partition coefficient (Wildman–Crippen LogP) is 0.366. The van der Waals surface area contributed by atoms with E-state index in [4.69, 9.17) is 13.7 Å². The van der Waals surface area contributed by atoms with Crippen LogP contribution < -0.4 is 4.90 Å². The van der Waals surface area contributed by atoms with Crippen molar-refractivity contribution in [3.8, 4) is 0 Å². The fourth-order valence-electron chi connectivity index (χ4n) is 3.62. The molecule has 0 amide bonds. The van der Waals surface area contributed by atoms with Gasteiger partial charge in [0.25, 0.3) is 15.8 Å². The number of fused-ring (bicyclic) bond motifs is 1. The molecule has 1 saturated heterocycles. The van der Waals surface area contributed by atoms with Gasteiger partial charge in [-0.1, -0.05) is 0 Å². The molecule has 0 aliphatic carbocycles. The van der Waals surface area contributed by atoms with Crippen LogP contribution in [0.15, 0.2) is 17.0 Å². The Morgan fingerprint density at radius 1 is 1.30 bits per heavy atom. The van der Waals surface area contributed by atoms with Crippen LogP contribution in [0, 0.1) is 17.0 Å². The van der Waals surface area contributed by atoms with Crippen LogP contribution in [0.2, 0.25) is 0 Å². The van der Waals surface area contributed by atoms with Gasteiger partial charge >= 0.3 is 0 Å². The third kappa shape index (κ3) is 4.31. The van der Waals surface area contributed by atoms with Crippen LogP contribution >= 0.6 is 0 Å². The van der Waals surface area contributed by atoms with Crippen molar-refractivity contribution in [2.45, 2.75) is 11.8 Å². The van der Waals surface area contributed by atoms with Crippen molar-refractivity contribution in [1.29, 1.82) is 0 Å². The van der Waals surface area contributed by atoms with Crippen molar-refractivity contribution >= 4 is 36.2 Å². The number of nitro groups is 1. The predicted molar refractivity (Wildman–Crippen MR) is 112 cm³/mol. The second kappa shape index (κ2) is 8.77. The van der Waals surface area contributed by atoms with Crippen LogP contribution in [-0.4, -0.2) is 86.3 Å². The maximum Gasteiger partial charge on any atom is 0.271 e. The minimum atomic E-state index is -3.81. The minimum Gasteiger partial charge on any atom is -0.383 e. The summed E-state index contributed by atoms with van der Waals surface area (Å²) in [6, 6.07) is 2.73. The van der Waals surface area contributed by atoms with E-state index in [9.17, 15) is 22.7 Å². The monoisotopic (exact) mass is 463 g/mol. The summed E-state index contributed by atoms with van der Waals surface area (Å²) in [6.45, 7) is 3.19. The van der Waals surface area contributed by atoms with E-state index in [2.05, 4.69) is 0 Å². The van der Waals surface area contributed by atoms with E-state index < -0.39 is 31.4 Å². The molecule has 1 atom stereocenters. The fourth-order valence-corrected chi connectivity index (χ4v) is 7.03. The van der Waals surface area contributed by atoms with E-state index in [-0.39, 0.29) is 23.8 Å². The smallest absolute Gasteiger partial charge is 0.271 e. The van der Waals surface area contributed by atoms with Gasteiger partial charge in [0.05, 0.1) is 51.3 Å². The summed E-state index contributed by atoms with van der Waals surface area (Å²) >= 11 is 0. The van der Waals surface area contributed by atoms with Gasteiger partial charge in [-0.3, -0.25) is 14.3 Å². The van der Waals surface area contributed by atoms with E-state index >= 15 is 0 Å². The lowest BCUT2D eigenvalue weighted by molar-refractivity contribution is -0.385. The number of non-ortho nitro benzene ring substituents is 1. The molecule has 0 saturated carbocycles. The Balaban J connectivity index is 2.27. The van der Waals surface area contributed by atoms with E-state index in [0.29, 0.717) is 42.4 Å². The van der Waals surface area contributed by atoms with Crippen molar-refractivity contribution in [1.82, 2.24) is 4.31 Å². The first-order chi connectivity index (χ1) is 14.1. The SMILES string of the molecule is COCCN1C(COS(C)(=O)=O)=S(=O)(N2CCOCC2)c2cc([N+](=O)[O-])cc(C)c21. The van der Waals surface area contributed by atoms with Gasteiger partial charge in [0.15, 0.2) is 0 Å². The molecule has 13 heteroatoms. The zero-order chi connectivity index (χ0) is 22.1. The van der Waals surface area contributed by atoms with Crippen LogP contribution in [0.1, 0.15) is 5.56 Å². The van der Waals surface area contributed by atoms with Crippen LogP contribution in [0.25, 0.3) is 0 Å². The molecular weight excluding hydrogens is 438 g/mol. The van der Waals surface area contributed by atoms with Gasteiger partial charge < -0.3 is 14.4 Å². The van der Waals surface area contributed by atoms with Crippen molar-refractivity contribution in [2.75, 3.05) is 64.3 Å². The van der Waals surface area contributed by atoms with E-state index in [0.717, 1.165) is 6.26 Å². The zero-order valence-electron chi connectivity index (χ0n) is 17.0. The first-order valence-electron chi connectivity index (χ1n) is 9.22. The fraction of sp³-hybridized carbons (Fsp3) is 0.588. The summed E-state index contributed by atoms with van der Waals surface area (Å²) in [5, 5.41) is 11.5. The van der Waals surface area contributed by atoms with Crippen molar-refractivity contribution in [3.05, 3.63) is 27.8 Å². The third-order valence-corrected chi connectivity index (χ3v) is 8.42. The van der Waals surface area contributed by atoms with E-state index in [1.54, 1.807) is 16.1 Å². The Hall–Kier alpha value is -1.77. The lowest BCUT2D eigenvalue weighted by atomic mass is 10.1. The molecule has 1 fully saturated rings. The highest BCUT2D eigenvalue weighted by atomic mass is 32.2. The average molecular weight is 464 g/mol. The molecule has 2 heterocycles. The lowest BCUT2D eigenvalue weighted by Crippen LogP contribution is -2.46. The second-order valence-electron chi connectivity index (χ2n) is 6.94. The number of hydrogen-bond donors (Lipinski definition) is 0. The minimum absolute atomic E-state index is 0.177. The van der Waals surface area contributed by atoms with Gasteiger partial charge in [-0.15, -0.1) is 0 Å². The summed E-state index contributed by atoms with van der Waals surface area (Å²) in [6.07, 6.45) is 0.918. The molecular formula is C17H25N3O8S2. The maximum absolute atomic E-state index is 14.6. The average Bonchev–Trinajstić information content (AvgIpc) is 2.94. The van der Waals surface area contributed by atoms with Crippen molar-refractivity contribution in [2.24, 2.45) is 0 Å². The van der Waals surface area contributed by atoms with Crippen molar-refractivity contribution in [3.63, 3.8) is 0 Å². The third-order valence-electron chi connectivity index (χ3n) is 4.90. The number of aryl methyl sites for hydroxylation is 1. The quantitative estimate of drug-likeness (QED) is 0.232. The first-order valence-corrected chi connectivity index (χ1v) is 12.6. The Labute approximate surface area is 175 Å². The number of nitrogens with zero attached hydrogens (tertiary/aromatic N) is 3. The Morgan fingerprint density at radius 2 is 1.97 bits per heavy atom. The molecule has 30 heavy (non-hydrogen) atoms. The molecule has 168 valence electrons. The van der Waals surface area contributed by atoms with Gasteiger partial charge in [0.2, 0.25) is 0 Å². The molecule has 0 radical (unpaired) electrons. The molecule has 11 nitrogen and oxygen atoms in total. The number of morpholine rings is 1. The number of anilines is 1. The summed E-state index contributed by atoms with van der Waals surface area (Å²) in [7, 11) is -5.48. The normalized spacial score (nSPS) is 22.4. The van der Waals surface area contributed by atoms with Crippen LogP contribution in [0.3, 0.4) is 0 Å². The maximum atomic E-state index is 14.6. The molecule has 1 aromatic carbocycles. The van der Waals surface area contributed by atoms with Crippen molar-refractivity contribution < 1.29 is 31.2 Å². The topological polar surface area (TPSA) is 129 Å². The highest BCUT2D eigenvalue weighted by Crippen LogP contribution is 2.41. The van der Waals surface area contributed by atoms with Gasteiger partial charge in [-0.2, -0.15) is 8.42 Å². The van der Waals surface area contributed by atoms with Gasteiger partial charge in [0, 0.05) is 38.9 Å². The Bertz CT molecular complexity index is 1060. The molecule has 0 spiro atoms. The summed E-state index contributed by atoms with van der Waals surface area (Å²) in [5.41, 5.74) is 0.941. The number of methoxy groups -OCH3 is 1. The molecule has 2 aliphatic rings. The number of rotatable bonds is 8. The molecule has 2 aliphatic heterocycles. The van der Waals surface area contributed by atoms with Gasteiger partial charge in [-0.25, -0.2) is 8.51 Å². The zero-order valence-corrected chi connectivity index (χ0v) is 18.7. The number of nitro benzene ring substituents is 1. The number of hydrogen-bond acceptors (Lipinski definition) is 9. The molecule has 0 bridgehead atoms. The number of ether oxygens (including phenoxy) is 2. The van der Waals surface area contributed by atoms with Crippen LogP contribution in [0.4, 0.5) is 11.4 Å².